The highest BCUT2D eigenvalue weighted by atomic mass is 16.5. The van der Waals surface area contributed by atoms with Gasteiger partial charge in [0.1, 0.15) is 5.75 Å². The molecule has 0 aliphatic heterocycles. The van der Waals surface area contributed by atoms with E-state index in [2.05, 4.69) is 5.32 Å². The number of benzene rings is 1. The predicted octanol–water partition coefficient (Wildman–Crippen LogP) is 1.68. The minimum atomic E-state index is -0.457. The van der Waals surface area contributed by atoms with Crippen LogP contribution in [0.25, 0.3) is 0 Å². The Morgan fingerprint density at radius 2 is 2.25 bits per heavy atom. The van der Waals surface area contributed by atoms with Crippen molar-refractivity contribution >= 4 is 11.6 Å². The zero-order valence-electron chi connectivity index (χ0n) is 9.91. The maximum atomic E-state index is 11.6. The van der Waals surface area contributed by atoms with Crippen LogP contribution in [0.15, 0.2) is 18.2 Å². The number of nitrogens with two attached hydrogens (primary N) is 1. The molecule has 88 valence electrons. The molecule has 1 aromatic carbocycles. The highest BCUT2D eigenvalue weighted by molar-refractivity contribution is 5.95. The van der Waals surface area contributed by atoms with E-state index in [9.17, 15) is 4.79 Å². The molecule has 0 saturated carbocycles. The number of amides is 1. The second-order valence-corrected chi connectivity index (χ2v) is 3.68. The molecule has 0 aromatic heterocycles. The van der Waals surface area contributed by atoms with Gasteiger partial charge >= 0.3 is 0 Å². The monoisotopic (exact) mass is 222 g/mol. The molecule has 0 fully saturated rings. The molecule has 0 bridgehead atoms. The minimum absolute atomic E-state index is 0.157. The van der Waals surface area contributed by atoms with Gasteiger partial charge in [0.25, 0.3) is 0 Å². The Labute approximate surface area is 95.8 Å². The van der Waals surface area contributed by atoms with Crippen LogP contribution >= 0.6 is 0 Å². The summed E-state index contributed by atoms with van der Waals surface area (Å²) >= 11 is 0. The Morgan fingerprint density at radius 1 is 1.56 bits per heavy atom. The third kappa shape index (κ3) is 2.97. The molecule has 0 saturated heterocycles. The molecule has 16 heavy (non-hydrogen) atoms. The topological polar surface area (TPSA) is 64.4 Å². The van der Waals surface area contributed by atoms with Crippen LogP contribution in [-0.4, -0.2) is 19.1 Å². The van der Waals surface area contributed by atoms with Crippen LogP contribution in [0, 0.1) is 6.92 Å². The fourth-order valence-electron chi connectivity index (χ4n) is 1.31. The lowest BCUT2D eigenvalue weighted by Gasteiger charge is -2.12. The number of rotatable bonds is 4. The second-order valence-electron chi connectivity index (χ2n) is 3.68. The SMILES string of the molecule is CCC(N)C(=O)Nc1ccc(OC)cc1C. The van der Waals surface area contributed by atoms with Gasteiger partial charge < -0.3 is 15.8 Å². The first-order valence-corrected chi connectivity index (χ1v) is 5.29. The van der Waals surface area contributed by atoms with E-state index in [1.165, 1.54) is 0 Å². The summed E-state index contributed by atoms with van der Waals surface area (Å²) in [6.45, 7) is 3.79. The van der Waals surface area contributed by atoms with Gasteiger partial charge in [-0.1, -0.05) is 6.92 Å². The molecule has 1 unspecified atom stereocenters. The first-order valence-electron chi connectivity index (χ1n) is 5.29. The first kappa shape index (κ1) is 12.5. The molecule has 0 spiro atoms. The quantitative estimate of drug-likeness (QED) is 0.814. The third-order valence-corrected chi connectivity index (χ3v) is 2.47. The van der Waals surface area contributed by atoms with Crippen molar-refractivity contribution in [3.8, 4) is 5.75 Å². The van der Waals surface area contributed by atoms with Gasteiger partial charge in [0.05, 0.1) is 13.2 Å². The number of carbonyl (C=O) groups excluding carboxylic acids is 1. The molecule has 0 radical (unpaired) electrons. The van der Waals surface area contributed by atoms with E-state index >= 15 is 0 Å². The molecule has 4 nitrogen and oxygen atoms in total. The zero-order valence-corrected chi connectivity index (χ0v) is 9.91. The van der Waals surface area contributed by atoms with E-state index in [1.807, 2.05) is 26.0 Å². The number of hydrogen-bond donors (Lipinski definition) is 2. The van der Waals surface area contributed by atoms with E-state index in [0.717, 1.165) is 17.0 Å². The van der Waals surface area contributed by atoms with Crippen LogP contribution in [0.4, 0.5) is 5.69 Å². The van der Waals surface area contributed by atoms with Gasteiger partial charge in [0.15, 0.2) is 0 Å². The summed E-state index contributed by atoms with van der Waals surface area (Å²) < 4.78 is 5.09. The van der Waals surface area contributed by atoms with Crippen molar-refractivity contribution in [1.29, 1.82) is 0 Å². The summed E-state index contributed by atoms with van der Waals surface area (Å²) in [5.74, 6) is 0.617. The van der Waals surface area contributed by atoms with Crippen molar-refractivity contribution in [3.05, 3.63) is 23.8 Å². The van der Waals surface area contributed by atoms with Gasteiger partial charge in [-0.15, -0.1) is 0 Å². The number of anilines is 1. The summed E-state index contributed by atoms with van der Waals surface area (Å²) in [6, 6.07) is 5.03. The Bertz CT molecular complexity index is 377. The average Bonchev–Trinajstić information content (AvgIpc) is 2.30. The van der Waals surface area contributed by atoms with Crippen LogP contribution in [0.3, 0.4) is 0 Å². The summed E-state index contributed by atoms with van der Waals surface area (Å²) in [5.41, 5.74) is 7.36. The number of ether oxygens (including phenoxy) is 1. The van der Waals surface area contributed by atoms with E-state index in [-0.39, 0.29) is 5.91 Å². The van der Waals surface area contributed by atoms with E-state index in [4.69, 9.17) is 10.5 Å². The van der Waals surface area contributed by atoms with E-state index < -0.39 is 6.04 Å². The predicted molar refractivity (Wildman–Crippen MR) is 64.6 cm³/mol. The highest BCUT2D eigenvalue weighted by Crippen LogP contribution is 2.21. The van der Waals surface area contributed by atoms with E-state index in [1.54, 1.807) is 13.2 Å². The number of aryl methyl sites for hydroxylation is 1. The summed E-state index contributed by atoms with van der Waals surface area (Å²) in [4.78, 5) is 11.6. The fraction of sp³-hybridized carbons (Fsp3) is 0.417. The van der Waals surface area contributed by atoms with Crippen molar-refractivity contribution in [1.82, 2.24) is 0 Å². The molecule has 1 atom stereocenters. The van der Waals surface area contributed by atoms with Crippen LogP contribution in [0.5, 0.6) is 5.75 Å². The maximum Gasteiger partial charge on any atom is 0.241 e. The number of carbonyl (C=O) groups is 1. The van der Waals surface area contributed by atoms with Crippen molar-refractivity contribution < 1.29 is 9.53 Å². The Kier molecular flexibility index (Phi) is 4.31. The molecule has 0 aliphatic carbocycles. The Morgan fingerprint density at radius 3 is 2.75 bits per heavy atom. The van der Waals surface area contributed by atoms with Crippen LogP contribution < -0.4 is 15.8 Å². The standard InChI is InChI=1S/C12H18N2O2/c1-4-10(13)12(15)14-11-6-5-9(16-3)7-8(11)2/h5-7,10H,4,13H2,1-3H3,(H,14,15). The number of hydrogen-bond acceptors (Lipinski definition) is 3. The molecular weight excluding hydrogens is 204 g/mol. The first-order chi connectivity index (χ1) is 7.58. The minimum Gasteiger partial charge on any atom is -0.497 e. The van der Waals surface area contributed by atoms with Gasteiger partial charge in [-0.05, 0) is 37.1 Å². The fourth-order valence-corrected chi connectivity index (χ4v) is 1.31. The molecular formula is C12H18N2O2. The van der Waals surface area contributed by atoms with Gasteiger partial charge in [0, 0.05) is 5.69 Å². The zero-order chi connectivity index (χ0) is 12.1. The summed E-state index contributed by atoms with van der Waals surface area (Å²) in [5, 5.41) is 2.79. The molecule has 4 heteroatoms. The lowest BCUT2D eigenvalue weighted by molar-refractivity contribution is -0.117. The van der Waals surface area contributed by atoms with Crippen molar-refractivity contribution in [2.75, 3.05) is 12.4 Å². The summed E-state index contributed by atoms with van der Waals surface area (Å²) in [6.07, 6.45) is 0.626. The van der Waals surface area contributed by atoms with Gasteiger partial charge in [-0.25, -0.2) is 0 Å². The molecule has 3 N–H and O–H groups in total. The molecule has 1 amide bonds. The van der Waals surface area contributed by atoms with Gasteiger partial charge in [0.2, 0.25) is 5.91 Å². The summed E-state index contributed by atoms with van der Waals surface area (Å²) in [7, 11) is 1.61. The molecule has 1 rings (SSSR count). The number of nitrogens with one attached hydrogen (secondary N) is 1. The van der Waals surface area contributed by atoms with Gasteiger partial charge in [-0.2, -0.15) is 0 Å². The Hall–Kier alpha value is -1.55. The molecule has 1 aromatic rings. The molecule has 0 heterocycles. The second kappa shape index (κ2) is 5.51. The maximum absolute atomic E-state index is 11.6. The van der Waals surface area contributed by atoms with Crippen LogP contribution in [0.1, 0.15) is 18.9 Å². The van der Waals surface area contributed by atoms with Crippen LogP contribution in [-0.2, 0) is 4.79 Å². The van der Waals surface area contributed by atoms with Crippen molar-refractivity contribution in [2.45, 2.75) is 26.3 Å². The lowest BCUT2D eigenvalue weighted by atomic mass is 10.1. The molecule has 0 aliphatic rings. The number of methoxy groups -OCH3 is 1. The lowest BCUT2D eigenvalue weighted by Crippen LogP contribution is -2.34. The van der Waals surface area contributed by atoms with Crippen molar-refractivity contribution in [2.24, 2.45) is 5.73 Å². The van der Waals surface area contributed by atoms with Crippen LogP contribution in [0.2, 0.25) is 0 Å². The van der Waals surface area contributed by atoms with Gasteiger partial charge in [-0.3, -0.25) is 4.79 Å². The largest absolute Gasteiger partial charge is 0.497 e. The smallest absolute Gasteiger partial charge is 0.241 e. The highest BCUT2D eigenvalue weighted by Gasteiger charge is 2.12. The van der Waals surface area contributed by atoms with E-state index in [0.29, 0.717) is 6.42 Å². The Balaban J connectivity index is 2.78. The average molecular weight is 222 g/mol. The van der Waals surface area contributed by atoms with Crippen molar-refractivity contribution in [3.63, 3.8) is 0 Å². The third-order valence-electron chi connectivity index (χ3n) is 2.47. The normalized spacial score (nSPS) is 12.0.